The van der Waals surface area contributed by atoms with E-state index in [0.717, 1.165) is 44.9 Å². The van der Waals surface area contributed by atoms with Crippen LogP contribution in [-0.4, -0.2) is 70.8 Å². The highest BCUT2D eigenvalue weighted by atomic mass is 31.2. The number of phosphoric acid groups is 2. The molecule has 0 aliphatic carbocycles. The van der Waals surface area contributed by atoms with E-state index >= 15 is 0 Å². The zero-order valence-corrected chi connectivity index (χ0v) is 20.1. The first kappa shape index (κ1) is 29.1. The standard InChI is InChI=1S/C18H38O11P2/c1-15(2)28-31(23,24)27-14-17-18(16(20)13-25-17)29-30(21,22)26-12-10-8-6-4-3-5-7-9-11-19/h15-20H,3-14H2,1-2H3,(H,21,22)(H,23,24)/t16-,17+,18-/m0/s1. The fourth-order valence-electron chi connectivity index (χ4n) is 3.04. The first-order valence-corrected chi connectivity index (χ1v) is 13.8. The maximum atomic E-state index is 12.2. The van der Waals surface area contributed by atoms with Crippen LogP contribution in [0.1, 0.15) is 65.2 Å². The third-order valence-electron chi connectivity index (χ3n) is 4.53. The Bertz CT molecular complexity index is 575. The van der Waals surface area contributed by atoms with Crippen LogP contribution in [0.25, 0.3) is 0 Å². The summed E-state index contributed by atoms with van der Waals surface area (Å²) < 4.78 is 48.8. The maximum Gasteiger partial charge on any atom is 0.472 e. The highest BCUT2D eigenvalue weighted by Gasteiger charge is 2.43. The van der Waals surface area contributed by atoms with Gasteiger partial charge in [-0.2, -0.15) is 0 Å². The molecule has 1 aliphatic rings. The van der Waals surface area contributed by atoms with E-state index in [0.29, 0.717) is 6.42 Å². The van der Waals surface area contributed by atoms with Gasteiger partial charge in [0.1, 0.15) is 18.3 Å². The minimum atomic E-state index is -4.46. The van der Waals surface area contributed by atoms with Gasteiger partial charge in [0, 0.05) is 6.61 Å². The van der Waals surface area contributed by atoms with Crippen LogP contribution in [0.2, 0.25) is 0 Å². The molecule has 0 bridgehead atoms. The van der Waals surface area contributed by atoms with Crippen molar-refractivity contribution in [2.45, 2.75) is 89.6 Å². The molecule has 0 aromatic rings. The van der Waals surface area contributed by atoms with Crippen LogP contribution >= 0.6 is 15.6 Å². The van der Waals surface area contributed by atoms with Gasteiger partial charge in [0.2, 0.25) is 0 Å². The summed E-state index contributed by atoms with van der Waals surface area (Å²) in [6.07, 6.45) is 3.43. The van der Waals surface area contributed by atoms with Crippen molar-refractivity contribution in [3.8, 4) is 0 Å². The van der Waals surface area contributed by atoms with Crippen LogP contribution in [0.4, 0.5) is 0 Å². The number of unbranched alkanes of at least 4 members (excludes halogenated alkanes) is 7. The molecular weight excluding hydrogens is 454 g/mol. The summed E-state index contributed by atoms with van der Waals surface area (Å²) in [5.74, 6) is 0. The minimum absolute atomic E-state index is 0.0250. The molecule has 1 aliphatic heterocycles. The van der Waals surface area contributed by atoms with Gasteiger partial charge in [0.05, 0.1) is 25.9 Å². The SMILES string of the molecule is CC(C)OP(=O)(O)OC[C@H]1OC[C@H](O)[C@@H]1OP(=O)(O)OCCCCCCCCCCO. The van der Waals surface area contributed by atoms with Crippen LogP contribution in [-0.2, 0) is 32.0 Å². The van der Waals surface area contributed by atoms with Crippen molar-refractivity contribution >= 4 is 15.6 Å². The lowest BCUT2D eigenvalue weighted by molar-refractivity contribution is -0.0143. The van der Waals surface area contributed by atoms with E-state index in [1.165, 1.54) is 0 Å². The fourth-order valence-corrected chi connectivity index (χ4v) is 4.98. The summed E-state index contributed by atoms with van der Waals surface area (Å²) in [7, 11) is -8.79. The third-order valence-corrected chi connectivity index (χ3v) is 6.72. The molecule has 0 radical (unpaired) electrons. The summed E-state index contributed by atoms with van der Waals surface area (Å²) in [5.41, 5.74) is 0. The molecule has 2 unspecified atom stereocenters. The Balaban J connectivity index is 2.30. The van der Waals surface area contributed by atoms with Crippen LogP contribution in [0.15, 0.2) is 0 Å². The second kappa shape index (κ2) is 15.1. The Labute approximate surface area is 184 Å². The fraction of sp³-hybridized carbons (Fsp3) is 1.00. The summed E-state index contributed by atoms with van der Waals surface area (Å²) in [6, 6.07) is 0. The van der Waals surface area contributed by atoms with Crippen LogP contribution in [0.3, 0.4) is 0 Å². The van der Waals surface area contributed by atoms with Gasteiger partial charge in [0.15, 0.2) is 0 Å². The van der Waals surface area contributed by atoms with Gasteiger partial charge in [-0.15, -0.1) is 0 Å². The average Bonchev–Trinajstić information content (AvgIpc) is 3.00. The topological polar surface area (TPSA) is 161 Å². The molecule has 1 fully saturated rings. The second-order valence-electron chi connectivity index (χ2n) is 7.78. The minimum Gasteiger partial charge on any atom is -0.396 e. The number of hydrogen-bond acceptors (Lipinski definition) is 9. The van der Waals surface area contributed by atoms with Crippen molar-refractivity contribution in [2.24, 2.45) is 0 Å². The Morgan fingerprint density at radius 1 is 0.935 bits per heavy atom. The number of rotatable bonds is 18. The lowest BCUT2D eigenvalue weighted by atomic mass is 10.1. The normalized spacial score (nSPS) is 25.6. The summed E-state index contributed by atoms with van der Waals surface area (Å²) in [5, 5.41) is 18.7. The molecule has 31 heavy (non-hydrogen) atoms. The zero-order chi connectivity index (χ0) is 23.3. The van der Waals surface area contributed by atoms with E-state index in [1.807, 2.05) is 0 Å². The smallest absolute Gasteiger partial charge is 0.396 e. The van der Waals surface area contributed by atoms with Crippen LogP contribution < -0.4 is 0 Å². The molecule has 11 nitrogen and oxygen atoms in total. The Hall–Kier alpha value is 0.1000. The second-order valence-corrected chi connectivity index (χ2v) is 10.6. The molecule has 0 saturated carbocycles. The zero-order valence-electron chi connectivity index (χ0n) is 18.3. The predicted octanol–water partition coefficient (Wildman–Crippen LogP) is 2.90. The number of ether oxygens (including phenoxy) is 1. The average molecular weight is 492 g/mol. The van der Waals surface area contributed by atoms with Crippen LogP contribution in [0, 0.1) is 0 Å². The first-order valence-electron chi connectivity index (χ1n) is 10.8. The molecule has 1 saturated heterocycles. The number of aliphatic hydroxyl groups is 2. The van der Waals surface area contributed by atoms with E-state index < -0.39 is 46.7 Å². The van der Waals surface area contributed by atoms with E-state index in [-0.39, 0.29) is 19.8 Å². The van der Waals surface area contributed by atoms with Crippen LogP contribution in [0.5, 0.6) is 0 Å². The Morgan fingerprint density at radius 2 is 1.52 bits per heavy atom. The van der Waals surface area contributed by atoms with E-state index in [1.54, 1.807) is 13.8 Å². The lowest BCUT2D eigenvalue weighted by Gasteiger charge is -2.24. The monoisotopic (exact) mass is 492 g/mol. The van der Waals surface area contributed by atoms with Crippen molar-refractivity contribution in [3.05, 3.63) is 0 Å². The lowest BCUT2D eigenvalue weighted by Crippen LogP contribution is -2.35. The Morgan fingerprint density at radius 3 is 2.10 bits per heavy atom. The molecule has 186 valence electrons. The van der Waals surface area contributed by atoms with E-state index in [9.17, 15) is 24.0 Å². The molecule has 1 rings (SSSR count). The number of phosphoric ester groups is 2. The molecule has 4 N–H and O–H groups in total. The van der Waals surface area contributed by atoms with Crippen molar-refractivity contribution < 1.29 is 52.0 Å². The van der Waals surface area contributed by atoms with Crippen molar-refractivity contribution in [3.63, 3.8) is 0 Å². The summed E-state index contributed by atoms with van der Waals surface area (Å²) in [4.78, 5) is 19.5. The highest BCUT2D eigenvalue weighted by molar-refractivity contribution is 7.47. The number of aliphatic hydroxyl groups excluding tert-OH is 2. The van der Waals surface area contributed by atoms with Gasteiger partial charge < -0.3 is 24.7 Å². The van der Waals surface area contributed by atoms with Crippen molar-refractivity contribution in [1.82, 2.24) is 0 Å². The van der Waals surface area contributed by atoms with Gasteiger partial charge in [-0.3, -0.25) is 18.1 Å². The molecule has 5 atom stereocenters. The van der Waals surface area contributed by atoms with E-state index in [2.05, 4.69) is 0 Å². The molecule has 0 amide bonds. The first-order chi connectivity index (χ1) is 14.6. The van der Waals surface area contributed by atoms with Gasteiger partial charge in [-0.1, -0.05) is 38.5 Å². The molecule has 0 aromatic heterocycles. The number of hydrogen-bond donors (Lipinski definition) is 4. The predicted molar refractivity (Wildman–Crippen MR) is 112 cm³/mol. The largest absolute Gasteiger partial charge is 0.472 e. The molecule has 0 spiro atoms. The molecule has 0 aromatic carbocycles. The highest BCUT2D eigenvalue weighted by Crippen LogP contribution is 2.48. The third kappa shape index (κ3) is 13.4. The molecule has 1 heterocycles. The molecule has 13 heteroatoms. The van der Waals surface area contributed by atoms with Crippen molar-refractivity contribution in [2.75, 3.05) is 26.4 Å². The van der Waals surface area contributed by atoms with E-state index in [4.69, 9.17) is 27.9 Å². The maximum absolute atomic E-state index is 12.2. The Kier molecular flexibility index (Phi) is 14.2. The van der Waals surface area contributed by atoms with Crippen molar-refractivity contribution in [1.29, 1.82) is 0 Å². The summed E-state index contributed by atoms with van der Waals surface area (Å²) >= 11 is 0. The van der Waals surface area contributed by atoms with Gasteiger partial charge in [0.25, 0.3) is 0 Å². The van der Waals surface area contributed by atoms with Gasteiger partial charge in [-0.05, 0) is 26.7 Å². The molecular formula is C18H38O11P2. The summed E-state index contributed by atoms with van der Waals surface area (Å²) in [6.45, 7) is 2.72. The van der Waals surface area contributed by atoms with Gasteiger partial charge in [-0.25, -0.2) is 9.13 Å². The van der Waals surface area contributed by atoms with Gasteiger partial charge >= 0.3 is 15.6 Å². The quantitative estimate of drug-likeness (QED) is 0.164.